The van der Waals surface area contributed by atoms with Crippen molar-refractivity contribution in [2.75, 3.05) is 6.54 Å². The van der Waals surface area contributed by atoms with Crippen molar-refractivity contribution < 1.29 is 5.11 Å². The molecular weight excluding hydrogens is 384 g/mol. The van der Waals surface area contributed by atoms with Crippen LogP contribution in [0.3, 0.4) is 0 Å². The van der Waals surface area contributed by atoms with Crippen LogP contribution in [0.5, 0.6) is 0 Å². The number of aromatic nitrogens is 1. The molecule has 0 saturated carbocycles. The van der Waals surface area contributed by atoms with Crippen LogP contribution in [0.1, 0.15) is 60.2 Å². The zero-order valence-corrected chi connectivity index (χ0v) is 18.3. The van der Waals surface area contributed by atoms with Crippen molar-refractivity contribution in [2.24, 2.45) is 0 Å². The minimum absolute atomic E-state index is 0.0701. The Balaban J connectivity index is 1.77. The van der Waals surface area contributed by atoms with E-state index in [9.17, 15) is 10.4 Å². The normalized spacial score (nSPS) is 21.6. The number of hydrogen-bond acceptors (Lipinski definition) is 5. The van der Waals surface area contributed by atoms with Gasteiger partial charge in [-0.3, -0.25) is 9.88 Å². The number of nitriles is 1. The van der Waals surface area contributed by atoms with Crippen molar-refractivity contribution in [3.05, 3.63) is 87.9 Å². The lowest BCUT2D eigenvalue weighted by Crippen LogP contribution is -2.46. The van der Waals surface area contributed by atoms with E-state index >= 15 is 0 Å². The molecule has 1 aromatic carbocycles. The highest BCUT2D eigenvalue weighted by molar-refractivity contribution is 5.39. The number of nitrogens with zero attached hydrogens (tertiary/aromatic N) is 3. The molecule has 5 heteroatoms. The van der Waals surface area contributed by atoms with Crippen LogP contribution in [0, 0.1) is 18.3 Å². The Morgan fingerprint density at radius 1 is 1.19 bits per heavy atom. The summed E-state index contributed by atoms with van der Waals surface area (Å²) in [5, 5.41) is 22.9. The number of aliphatic hydroxyl groups excluding tert-OH is 1. The van der Waals surface area contributed by atoms with Crippen molar-refractivity contribution in [1.29, 1.82) is 5.26 Å². The molecule has 0 unspecified atom stereocenters. The smallest absolute Gasteiger partial charge is 0.0991 e. The van der Waals surface area contributed by atoms with E-state index in [4.69, 9.17) is 4.98 Å². The highest BCUT2D eigenvalue weighted by Gasteiger charge is 2.36. The van der Waals surface area contributed by atoms with Crippen molar-refractivity contribution in [2.45, 2.75) is 58.3 Å². The van der Waals surface area contributed by atoms with Gasteiger partial charge in [0.05, 0.1) is 36.0 Å². The first-order valence-electron chi connectivity index (χ1n) is 11.0. The van der Waals surface area contributed by atoms with Gasteiger partial charge in [-0.15, -0.1) is 0 Å². The number of aliphatic hydroxyl groups is 1. The summed E-state index contributed by atoms with van der Waals surface area (Å²) < 4.78 is 0. The number of hydrogen-bond donors (Lipinski definition) is 2. The van der Waals surface area contributed by atoms with Crippen molar-refractivity contribution in [1.82, 2.24) is 15.2 Å². The highest BCUT2D eigenvalue weighted by Crippen LogP contribution is 2.39. The average molecular weight is 415 g/mol. The van der Waals surface area contributed by atoms with Gasteiger partial charge in [0, 0.05) is 25.0 Å². The highest BCUT2D eigenvalue weighted by atomic mass is 16.3. The van der Waals surface area contributed by atoms with Crippen molar-refractivity contribution >= 4 is 0 Å². The molecule has 0 bridgehead atoms. The molecule has 2 N–H and O–H groups in total. The zero-order chi connectivity index (χ0) is 21.8. The van der Waals surface area contributed by atoms with E-state index in [1.807, 2.05) is 24.4 Å². The van der Waals surface area contributed by atoms with E-state index in [1.54, 1.807) is 6.07 Å². The van der Waals surface area contributed by atoms with Gasteiger partial charge >= 0.3 is 0 Å². The minimum Gasteiger partial charge on any atom is -0.392 e. The monoisotopic (exact) mass is 414 g/mol. The predicted octanol–water partition coefficient (Wildman–Crippen LogP) is 4.28. The molecule has 2 aliphatic heterocycles. The maximum atomic E-state index is 9.98. The fourth-order valence-corrected chi connectivity index (χ4v) is 4.93. The maximum absolute atomic E-state index is 9.98. The quantitative estimate of drug-likeness (QED) is 0.764. The molecule has 0 aliphatic carbocycles. The van der Waals surface area contributed by atoms with Crippen LogP contribution in [0.2, 0.25) is 0 Å². The van der Waals surface area contributed by atoms with Crippen LogP contribution in [-0.4, -0.2) is 27.6 Å². The zero-order valence-electron chi connectivity index (χ0n) is 18.3. The average Bonchev–Trinajstić information content (AvgIpc) is 2.80. The second-order valence-electron chi connectivity index (χ2n) is 8.47. The fraction of sp³-hybridized carbons (Fsp3) is 0.385. The first-order valence-corrected chi connectivity index (χ1v) is 11.0. The molecule has 3 heterocycles. The Labute approximate surface area is 184 Å². The van der Waals surface area contributed by atoms with E-state index in [1.165, 1.54) is 16.8 Å². The summed E-state index contributed by atoms with van der Waals surface area (Å²) >= 11 is 0. The lowest BCUT2D eigenvalue weighted by Gasteiger charge is -2.44. The Morgan fingerprint density at radius 3 is 2.77 bits per heavy atom. The summed E-state index contributed by atoms with van der Waals surface area (Å²) in [6.45, 7) is 5.79. The molecule has 0 spiro atoms. The Hall–Kier alpha value is -2.94. The number of nitrogens with one attached hydrogen (secondary N) is 1. The van der Waals surface area contributed by atoms with E-state index < -0.39 is 0 Å². The maximum Gasteiger partial charge on any atom is 0.0991 e. The second-order valence-corrected chi connectivity index (χ2v) is 8.47. The predicted molar refractivity (Wildman–Crippen MR) is 122 cm³/mol. The summed E-state index contributed by atoms with van der Waals surface area (Å²) in [5.74, 6) is 0. The Bertz CT molecular complexity index is 1050. The van der Waals surface area contributed by atoms with Crippen molar-refractivity contribution in [3.8, 4) is 6.07 Å². The van der Waals surface area contributed by atoms with E-state index in [-0.39, 0.29) is 18.7 Å². The number of dihydropyridines is 1. The van der Waals surface area contributed by atoms with Gasteiger partial charge in [-0.25, -0.2) is 0 Å². The molecule has 2 aliphatic rings. The first kappa shape index (κ1) is 21.3. The van der Waals surface area contributed by atoms with Gasteiger partial charge in [0.1, 0.15) is 0 Å². The van der Waals surface area contributed by atoms with Crippen LogP contribution in [0.15, 0.2) is 60.0 Å². The number of allylic oxidation sites excluding steroid dienone is 2. The third-order valence-corrected chi connectivity index (χ3v) is 6.52. The standard InChI is InChI=1S/C26H30N4O/c1-18-6-4-12-28-25(18)23-8-3-9-24(26-19(2)7-5-13-29-26)30(23)16-21-11-10-20(15-27)14-22(21)17-31/h4-7,10-12,14,23-24,29,31H,3,8-9,13,16-17H2,1-2H3/t23-,24+/m0/s1. The van der Waals surface area contributed by atoms with Crippen LogP contribution in [-0.2, 0) is 13.2 Å². The van der Waals surface area contributed by atoms with Gasteiger partial charge in [-0.1, -0.05) is 24.3 Å². The molecule has 1 saturated heterocycles. The fourth-order valence-electron chi connectivity index (χ4n) is 4.93. The van der Waals surface area contributed by atoms with Gasteiger partial charge in [0.2, 0.25) is 0 Å². The van der Waals surface area contributed by atoms with E-state index in [0.29, 0.717) is 12.1 Å². The largest absolute Gasteiger partial charge is 0.392 e. The molecule has 1 fully saturated rings. The van der Waals surface area contributed by atoms with E-state index in [2.05, 4.69) is 48.4 Å². The van der Waals surface area contributed by atoms with Crippen LogP contribution in [0.4, 0.5) is 0 Å². The molecule has 4 rings (SSSR count). The molecule has 1 aromatic heterocycles. The number of likely N-dealkylation sites (tertiary alicyclic amines) is 1. The van der Waals surface area contributed by atoms with Gasteiger partial charge in [-0.2, -0.15) is 5.26 Å². The summed E-state index contributed by atoms with van der Waals surface area (Å²) in [6, 6.07) is 12.4. The Morgan fingerprint density at radius 2 is 2.03 bits per heavy atom. The molecule has 0 radical (unpaired) electrons. The Kier molecular flexibility index (Phi) is 6.50. The number of pyridine rings is 1. The molecule has 2 atom stereocenters. The second kappa shape index (κ2) is 9.47. The molecule has 2 aromatic rings. The van der Waals surface area contributed by atoms with Crippen molar-refractivity contribution in [3.63, 3.8) is 0 Å². The van der Waals surface area contributed by atoms with E-state index in [0.717, 1.165) is 42.6 Å². The molecule has 0 amide bonds. The number of piperidine rings is 1. The number of benzene rings is 1. The summed E-state index contributed by atoms with van der Waals surface area (Å²) in [4.78, 5) is 7.32. The minimum atomic E-state index is -0.0701. The topological polar surface area (TPSA) is 72.2 Å². The first-order chi connectivity index (χ1) is 15.1. The molecule has 5 nitrogen and oxygen atoms in total. The van der Waals surface area contributed by atoms with Crippen LogP contribution < -0.4 is 5.32 Å². The third kappa shape index (κ3) is 4.41. The molecular formula is C26H30N4O. The molecule has 160 valence electrons. The lowest BCUT2D eigenvalue weighted by atomic mass is 9.87. The van der Waals surface area contributed by atoms with Gasteiger partial charge in [-0.05, 0) is 73.6 Å². The summed E-state index contributed by atoms with van der Waals surface area (Å²) in [5.41, 5.74) is 7.39. The lowest BCUT2D eigenvalue weighted by molar-refractivity contribution is 0.0855. The van der Waals surface area contributed by atoms with Gasteiger partial charge in [0.25, 0.3) is 0 Å². The molecule has 31 heavy (non-hydrogen) atoms. The van der Waals surface area contributed by atoms with Crippen LogP contribution >= 0.6 is 0 Å². The number of aryl methyl sites for hydroxylation is 1. The SMILES string of the molecule is CC1=C([C@H]2CCC[C@@H](c3ncccc3C)N2Cc2ccc(C#N)cc2CO)NCC=C1. The summed E-state index contributed by atoms with van der Waals surface area (Å²) in [6.07, 6.45) is 9.54. The van der Waals surface area contributed by atoms with Gasteiger partial charge < -0.3 is 10.4 Å². The third-order valence-electron chi connectivity index (χ3n) is 6.52. The summed E-state index contributed by atoms with van der Waals surface area (Å²) in [7, 11) is 0. The van der Waals surface area contributed by atoms with Gasteiger partial charge in [0.15, 0.2) is 0 Å². The van der Waals surface area contributed by atoms with Crippen LogP contribution in [0.25, 0.3) is 0 Å². The number of rotatable bonds is 5.